The van der Waals surface area contributed by atoms with Crippen LogP contribution in [0.4, 0.5) is 0 Å². The SMILES string of the molecule is CN(C1CCC(CO)CC1)S(=O)(=O)Cc1cccc2cccnc12. The highest BCUT2D eigenvalue weighted by molar-refractivity contribution is 7.88. The van der Waals surface area contributed by atoms with E-state index in [-0.39, 0.29) is 18.4 Å². The van der Waals surface area contributed by atoms with Crippen LogP contribution >= 0.6 is 0 Å². The first-order valence-electron chi connectivity index (χ1n) is 8.40. The molecule has 0 radical (unpaired) electrons. The van der Waals surface area contributed by atoms with Gasteiger partial charge in [0.15, 0.2) is 0 Å². The van der Waals surface area contributed by atoms with E-state index >= 15 is 0 Å². The van der Waals surface area contributed by atoms with Gasteiger partial charge in [0.2, 0.25) is 10.0 Å². The molecule has 0 atom stereocenters. The van der Waals surface area contributed by atoms with Crippen molar-refractivity contribution >= 4 is 20.9 Å². The third-order valence-corrected chi connectivity index (χ3v) is 6.93. The minimum absolute atomic E-state index is 0.0285. The van der Waals surface area contributed by atoms with Gasteiger partial charge in [0.25, 0.3) is 0 Å². The van der Waals surface area contributed by atoms with Gasteiger partial charge in [-0.2, -0.15) is 0 Å². The lowest BCUT2D eigenvalue weighted by atomic mass is 9.87. The molecule has 0 saturated heterocycles. The van der Waals surface area contributed by atoms with Crippen molar-refractivity contribution in [2.75, 3.05) is 13.7 Å². The zero-order valence-electron chi connectivity index (χ0n) is 13.9. The molecular formula is C18H24N2O3S. The highest BCUT2D eigenvalue weighted by Gasteiger charge is 2.30. The molecule has 1 aliphatic rings. The molecule has 1 aromatic heterocycles. The van der Waals surface area contributed by atoms with Crippen molar-refractivity contribution in [1.29, 1.82) is 0 Å². The minimum Gasteiger partial charge on any atom is -0.396 e. The monoisotopic (exact) mass is 348 g/mol. The number of pyridine rings is 1. The Morgan fingerprint density at radius 1 is 1.17 bits per heavy atom. The Morgan fingerprint density at radius 2 is 1.88 bits per heavy atom. The minimum atomic E-state index is -3.40. The molecule has 0 bridgehead atoms. The smallest absolute Gasteiger partial charge is 0.218 e. The van der Waals surface area contributed by atoms with Crippen molar-refractivity contribution in [2.24, 2.45) is 5.92 Å². The summed E-state index contributed by atoms with van der Waals surface area (Å²) in [6, 6.07) is 9.48. The molecule has 0 aliphatic heterocycles. The predicted molar refractivity (Wildman–Crippen MR) is 95.0 cm³/mol. The Bertz CT molecular complexity index is 794. The number of hydrogen-bond donors (Lipinski definition) is 1. The molecule has 1 aromatic carbocycles. The van der Waals surface area contributed by atoms with Gasteiger partial charge in [-0.25, -0.2) is 12.7 Å². The highest BCUT2D eigenvalue weighted by atomic mass is 32.2. The second kappa shape index (κ2) is 7.17. The van der Waals surface area contributed by atoms with E-state index < -0.39 is 10.0 Å². The van der Waals surface area contributed by atoms with Crippen LogP contribution in [0.2, 0.25) is 0 Å². The first kappa shape index (κ1) is 17.3. The van der Waals surface area contributed by atoms with E-state index in [0.29, 0.717) is 5.92 Å². The van der Waals surface area contributed by atoms with Gasteiger partial charge in [-0.1, -0.05) is 24.3 Å². The first-order valence-corrected chi connectivity index (χ1v) is 10.0. The summed E-state index contributed by atoms with van der Waals surface area (Å²) in [7, 11) is -1.72. The van der Waals surface area contributed by atoms with Crippen molar-refractivity contribution < 1.29 is 13.5 Å². The highest BCUT2D eigenvalue weighted by Crippen LogP contribution is 2.29. The van der Waals surface area contributed by atoms with Crippen LogP contribution in [-0.4, -0.2) is 42.5 Å². The lowest BCUT2D eigenvalue weighted by Crippen LogP contribution is -2.40. The molecule has 1 saturated carbocycles. The molecule has 5 nitrogen and oxygen atoms in total. The molecule has 2 aromatic rings. The normalized spacial score (nSPS) is 22.1. The summed E-state index contributed by atoms with van der Waals surface area (Å²) in [5, 5.41) is 10.2. The number of aromatic nitrogens is 1. The zero-order chi connectivity index (χ0) is 17.2. The van der Waals surface area contributed by atoms with Crippen LogP contribution < -0.4 is 0 Å². The van der Waals surface area contributed by atoms with E-state index in [1.165, 1.54) is 4.31 Å². The summed E-state index contributed by atoms with van der Waals surface area (Å²) < 4.78 is 27.2. The molecule has 130 valence electrons. The Balaban J connectivity index is 1.78. The second-order valence-corrected chi connectivity index (χ2v) is 8.65. The number of nitrogens with zero attached hydrogens (tertiary/aromatic N) is 2. The topological polar surface area (TPSA) is 70.5 Å². The molecule has 0 amide bonds. The molecule has 3 rings (SSSR count). The summed E-state index contributed by atoms with van der Waals surface area (Å²) in [5.74, 6) is 0.289. The fourth-order valence-electron chi connectivity index (χ4n) is 3.50. The van der Waals surface area contributed by atoms with Crippen LogP contribution in [0, 0.1) is 5.92 Å². The van der Waals surface area contributed by atoms with Gasteiger partial charge in [-0.15, -0.1) is 0 Å². The first-order chi connectivity index (χ1) is 11.5. The lowest BCUT2D eigenvalue weighted by molar-refractivity contribution is 0.159. The molecule has 24 heavy (non-hydrogen) atoms. The van der Waals surface area contributed by atoms with Gasteiger partial charge in [0, 0.05) is 31.3 Å². The van der Waals surface area contributed by atoms with Crippen molar-refractivity contribution in [2.45, 2.75) is 37.5 Å². The van der Waals surface area contributed by atoms with E-state index in [4.69, 9.17) is 0 Å². The Kier molecular flexibility index (Phi) is 5.18. The van der Waals surface area contributed by atoms with Gasteiger partial charge in [-0.05, 0) is 43.2 Å². The van der Waals surface area contributed by atoms with E-state index in [9.17, 15) is 13.5 Å². The van der Waals surface area contributed by atoms with Crippen LogP contribution in [0.5, 0.6) is 0 Å². The van der Waals surface area contributed by atoms with Crippen LogP contribution in [-0.2, 0) is 15.8 Å². The van der Waals surface area contributed by atoms with E-state index in [1.807, 2.05) is 30.3 Å². The van der Waals surface area contributed by atoms with Crippen molar-refractivity contribution in [3.05, 3.63) is 42.1 Å². The predicted octanol–water partition coefficient (Wildman–Crippen LogP) is 2.55. The molecule has 1 N–H and O–H groups in total. The van der Waals surface area contributed by atoms with Crippen molar-refractivity contribution in [3.63, 3.8) is 0 Å². The van der Waals surface area contributed by atoms with Crippen LogP contribution in [0.15, 0.2) is 36.5 Å². The van der Waals surface area contributed by atoms with Gasteiger partial charge < -0.3 is 5.11 Å². The fraction of sp³-hybridized carbons (Fsp3) is 0.500. The molecule has 6 heteroatoms. The maximum absolute atomic E-state index is 12.8. The Labute approximate surface area is 143 Å². The summed E-state index contributed by atoms with van der Waals surface area (Å²) >= 11 is 0. The number of sulfonamides is 1. The van der Waals surface area contributed by atoms with Gasteiger partial charge in [-0.3, -0.25) is 4.98 Å². The number of hydrogen-bond acceptors (Lipinski definition) is 4. The van der Waals surface area contributed by atoms with Gasteiger partial charge in [0.05, 0.1) is 11.3 Å². The quantitative estimate of drug-likeness (QED) is 0.901. The largest absolute Gasteiger partial charge is 0.396 e. The van der Waals surface area contributed by atoms with E-state index in [1.54, 1.807) is 13.2 Å². The van der Waals surface area contributed by atoms with Crippen LogP contribution in [0.3, 0.4) is 0 Å². The molecule has 1 aliphatic carbocycles. The third kappa shape index (κ3) is 3.61. The molecule has 1 fully saturated rings. The standard InChI is InChI=1S/C18H24N2O3S/c1-20(17-9-7-14(12-21)8-10-17)24(22,23)13-16-5-2-4-15-6-3-11-19-18(15)16/h2-6,11,14,17,21H,7-10,12-13H2,1H3. The lowest BCUT2D eigenvalue weighted by Gasteiger charge is -2.33. The Morgan fingerprint density at radius 3 is 2.58 bits per heavy atom. The maximum Gasteiger partial charge on any atom is 0.218 e. The number of aliphatic hydroxyl groups is 1. The molecular weight excluding hydrogens is 324 g/mol. The molecule has 1 heterocycles. The average molecular weight is 348 g/mol. The number of benzene rings is 1. The van der Waals surface area contributed by atoms with Gasteiger partial charge >= 0.3 is 0 Å². The summed E-state index contributed by atoms with van der Waals surface area (Å²) in [6.45, 7) is 0.199. The number of rotatable bonds is 5. The van der Waals surface area contributed by atoms with E-state index in [2.05, 4.69) is 4.98 Å². The van der Waals surface area contributed by atoms with Crippen LogP contribution in [0.1, 0.15) is 31.2 Å². The van der Waals surface area contributed by atoms with Crippen molar-refractivity contribution in [3.8, 4) is 0 Å². The number of fused-ring (bicyclic) bond motifs is 1. The Hall–Kier alpha value is -1.50. The summed E-state index contributed by atoms with van der Waals surface area (Å²) in [4.78, 5) is 4.35. The molecule has 0 unspecified atom stereocenters. The second-order valence-electron chi connectivity index (χ2n) is 6.62. The van der Waals surface area contributed by atoms with E-state index in [0.717, 1.165) is 42.1 Å². The summed E-state index contributed by atoms with van der Waals surface area (Å²) in [5.41, 5.74) is 1.49. The third-order valence-electron chi connectivity index (χ3n) is 5.08. The number of para-hydroxylation sites is 1. The zero-order valence-corrected chi connectivity index (χ0v) is 14.7. The summed E-state index contributed by atoms with van der Waals surface area (Å²) in [6.07, 6.45) is 5.09. The molecule has 0 spiro atoms. The maximum atomic E-state index is 12.8. The van der Waals surface area contributed by atoms with Crippen LogP contribution in [0.25, 0.3) is 10.9 Å². The average Bonchev–Trinajstić information content (AvgIpc) is 2.61. The van der Waals surface area contributed by atoms with Gasteiger partial charge in [0.1, 0.15) is 0 Å². The fourth-order valence-corrected chi connectivity index (χ4v) is 5.00. The number of aliphatic hydroxyl groups excluding tert-OH is 1. The van der Waals surface area contributed by atoms with Crippen molar-refractivity contribution in [1.82, 2.24) is 9.29 Å².